The summed E-state index contributed by atoms with van der Waals surface area (Å²) in [5.41, 5.74) is 1.69. The van der Waals surface area contributed by atoms with Crippen molar-refractivity contribution >= 4 is 44.4 Å². The summed E-state index contributed by atoms with van der Waals surface area (Å²) in [5.74, 6) is -0.350. The monoisotopic (exact) mass is 507 g/mol. The summed E-state index contributed by atoms with van der Waals surface area (Å²) in [6.45, 7) is 5.85. The van der Waals surface area contributed by atoms with Crippen LogP contribution in [0.4, 0.5) is 5.69 Å². The van der Waals surface area contributed by atoms with Gasteiger partial charge in [0.05, 0.1) is 0 Å². The zero-order valence-electron chi connectivity index (χ0n) is 21.0. The maximum Gasteiger partial charge on any atom is 0.347 e. The minimum atomic E-state index is -0.662. The van der Waals surface area contributed by atoms with E-state index >= 15 is 0 Å². The van der Waals surface area contributed by atoms with Gasteiger partial charge in [-0.25, -0.2) is 9.59 Å². The highest BCUT2D eigenvalue weighted by Gasteiger charge is 2.20. The third-order valence-corrected chi connectivity index (χ3v) is 6.27. The first-order chi connectivity index (χ1) is 18.5. The van der Waals surface area contributed by atoms with Gasteiger partial charge in [-0.15, -0.1) is 0 Å². The van der Waals surface area contributed by atoms with Gasteiger partial charge < -0.3 is 18.2 Å². The summed E-state index contributed by atoms with van der Waals surface area (Å²) < 4.78 is 15.9. The maximum atomic E-state index is 12.8. The van der Waals surface area contributed by atoms with Crippen molar-refractivity contribution < 1.29 is 18.0 Å². The fraction of sp³-hybridized carbons (Fsp3) is 0.129. The Morgan fingerprint density at radius 1 is 0.658 bits per heavy atom. The molecule has 0 aliphatic carbocycles. The number of fused-ring (bicyclic) bond motifs is 3. The molecule has 0 saturated heterocycles. The Labute approximate surface area is 217 Å². The van der Waals surface area contributed by atoms with Crippen molar-refractivity contribution in [3.63, 3.8) is 0 Å². The Morgan fingerprint density at radius 2 is 1.29 bits per heavy atom. The summed E-state index contributed by atoms with van der Waals surface area (Å²) in [4.78, 5) is 38.1. The fourth-order valence-corrected chi connectivity index (χ4v) is 4.28. The van der Waals surface area contributed by atoms with Gasteiger partial charge in [-0.3, -0.25) is 4.79 Å². The maximum absolute atomic E-state index is 12.8. The molecule has 0 unspecified atom stereocenters. The van der Waals surface area contributed by atoms with Gasteiger partial charge >= 0.3 is 11.3 Å². The molecule has 0 bridgehead atoms. The number of furan rings is 1. The molecule has 190 valence electrons. The molecular weight excluding hydrogens is 482 g/mol. The van der Waals surface area contributed by atoms with Gasteiger partial charge in [0.25, 0.3) is 0 Å². The standard InChI is InChI=1S/C22H19NO4.C9H6O2/c1-3-23(4-2)16-10-9-15-11-17(22(25)27-19(15)13-16)21(24)20-12-14-7-5-6-8-18(14)26-20;10-9-6-5-7-3-1-2-4-8(7)11-9/h5-13H,3-4H2,1-2H3;1-6H. The Bertz CT molecular complexity index is 1840. The van der Waals surface area contributed by atoms with Crippen LogP contribution in [0.3, 0.4) is 0 Å². The van der Waals surface area contributed by atoms with E-state index in [1.165, 1.54) is 6.07 Å². The smallest absolute Gasteiger partial charge is 0.347 e. The van der Waals surface area contributed by atoms with E-state index in [9.17, 15) is 14.4 Å². The Balaban J connectivity index is 0.000000222. The van der Waals surface area contributed by atoms with Crippen LogP contribution in [0, 0.1) is 0 Å². The molecule has 0 aliphatic rings. The summed E-state index contributed by atoms with van der Waals surface area (Å²) in [6, 6.07) is 26.8. The largest absolute Gasteiger partial charge is 0.453 e. The first-order valence-corrected chi connectivity index (χ1v) is 12.3. The molecule has 0 atom stereocenters. The van der Waals surface area contributed by atoms with Crippen molar-refractivity contribution in [3.8, 4) is 0 Å². The average molecular weight is 508 g/mol. The molecule has 0 amide bonds. The van der Waals surface area contributed by atoms with E-state index < -0.39 is 11.4 Å². The van der Waals surface area contributed by atoms with Crippen molar-refractivity contribution in [2.45, 2.75) is 13.8 Å². The molecule has 0 N–H and O–H groups in total. The second-order valence-corrected chi connectivity index (χ2v) is 8.61. The molecule has 0 fully saturated rings. The number of para-hydroxylation sites is 2. The van der Waals surface area contributed by atoms with Gasteiger partial charge in [0.2, 0.25) is 5.78 Å². The van der Waals surface area contributed by atoms with Gasteiger partial charge in [-0.1, -0.05) is 36.4 Å². The Kier molecular flexibility index (Phi) is 6.91. The Hall–Kier alpha value is -4.91. The van der Waals surface area contributed by atoms with Crippen molar-refractivity contribution in [1.29, 1.82) is 0 Å². The average Bonchev–Trinajstić information content (AvgIpc) is 3.38. The molecule has 3 aromatic carbocycles. The van der Waals surface area contributed by atoms with Crippen molar-refractivity contribution in [2.24, 2.45) is 0 Å². The van der Waals surface area contributed by atoms with Gasteiger partial charge in [-0.05, 0) is 56.3 Å². The lowest BCUT2D eigenvalue weighted by molar-refractivity contribution is 0.101. The molecule has 0 radical (unpaired) electrons. The highest BCUT2D eigenvalue weighted by molar-refractivity contribution is 6.09. The zero-order chi connectivity index (χ0) is 26.6. The fourth-order valence-electron chi connectivity index (χ4n) is 4.28. The van der Waals surface area contributed by atoms with Crippen LogP contribution < -0.4 is 16.2 Å². The summed E-state index contributed by atoms with van der Waals surface area (Å²) in [7, 11) is 0. The van der Waals surface area contributed by atoms with Gasteiger partial charge in [-0.2, -0.15) is 0 Å². The van der Waals surface area contributed by atoms with Crippen LogP contribution in [0.15, 0.2) is 114 Å². The molecule has 7 heteroatoms. The van der Waals surface area contributed by atoms with Crippen LogP contribution in [0.25, 0.3) is 32.9 Å². The van der Waals surface area contributed by atoms with Crippen LogP contribution in [-0.4, -0.2) is 18.9 Å². The summed E-state index contributed by atoms with van der Waals surface area (Å²) in [5, 5.41) is 2.46. The summed E-state index contributed by atoms with van der Waals surface area (Å²) in [6.07, 6.45) is 0. The molecule has 6 aromatic rings. The third-order valence-electron chi connectivity index (χ3n) is 6.27. The highest BCUT2D eigenvalue weighted by atomic mass is 16.4. The van der Waals surface area contributed by atoms with Crippen LogP contribution in [-0.2, 0) is 0 Å². The lowest BCUT2D eigenvalue weighted by Gasteiger charge is -2.20. The first-order valence-electron chi connectivity index (χ1n) is 12.3. The lowest BCUT2D eigenvalue weighted by Crippen LogP contribution is -2.21. The molecule has 38 heavy (non-hydrogen) atoms. The van der Waals surface area contributed by atoms with E-state index in [-0.39, 0.29) is 16.9 Å². The third kappa shape index (κ3) is 4.99. The molecular formula is C31H25NO6. The number of carbonyl (C=O) groups excluding carboxylic acids is 1. The molecule has 0 aliphatic heterocycles. The van der Waals surface area contributed by atoms with E-state index in [2.05, 4.69) is 18.7 Å². The van der Waals surface area contributed by atoms with E-state index in [4.69, 9.17) is 13.3 Å². The van der Waals surface area contributed by atoms with Crippen LogP contribution in [0.2, 0.25) is 0 Å². The van der Waals surface area contributed by atoms with Gasteiger partial charge in [0.1, 0.15) is 22.3 Å². The van der Waals surface area contributed by atoms with Crippen molar-refractivity contribution in [2.75, 3.05) is 18.0 Å². The molecule has 3 heterocycles. The van der Waals surface area contributed by atoms with Crippen LogP contribution >= 0.6 is 0 Å². The zero-order valence-corrected chi connectivity index (χ0v) is 21.0. The second-order valence-electron chi connectivity index (χ2n) is 8.61. The minimum Gasteiger partial charge on any atom is -0.453 e. The quantitative estimate of drug-likeness (QED) is 0.197. The molecule has 0 saturated carbocycles. The van der Waals surface area contributed by atoms with E-state index in [1.54, 1.807) is 30.3 Å². The Morgan fingerprint density at radius 3 is 2.00 bits per heavy atom. The normalized spacial score (nSPS) is 10.9. The van der Waals surface area contributed by atoms with Gasteiger partial charge in [0.15, 0.2) is 5.76 Å². The predicted molar refractivity (Wildman–Crippen MR) is 148 cm³/mol. The van der Waals surface area contributed by atoms with E-state index in [0.717, 1.165) is 29.5 Å². The molecule has 6 rings (SSSR count). The number of rotatable bonds is 5. The number of anilines is 1. The number of hydrogen-bond acceptors (Lipinski definition) is 7. The van der Waals surface area contributed by atoms with Crippen LogP contribution in [0.1, 0.15) is 30.0 Å². The molecule has 3 aromatic heterocycles. The number of carbonyl (C=O) groups is 1. The van der Waals surface area contributed by atoms with Crippen LogP contribution in [0.5, 0.6) is 0 Å². The summed E-state index contributed by atoms with van der Waals surface area (Å²) >= 11 is 0. The highest BCUT2D eigenvalue weighted by Crippen LogP contribution is 2.24. The number of ketones is 1. The number of benzene rings is 3. The second kappa shape index (κ2) is 10.6. The molecule has 0 spiro atoms. The van der Waals surface area contributed by atoms with E-state index in [0.29, 0.717) is 22.1 Å². The van der Waals surface area contributed by atoms with E-state index in [1.807, 2.05) is 54.6 Å². The minimum absolute atomic E-state index is 0.0304. The topological polar surface area (TPSA) is 93.9 Å². The van der Waals surface area contributed by atoms with Gasteiger partial charge in [0, 0.05) is 47.1 Å². The SMILES string of the molecule is CCN(CC)c1ccc2cc(C(=O)c3cc4ccccc4o3)c(=O)oc2c1.O=c1ccc2ccccc2o1. The first kappa shape index (κ1) is 24.8. The lowest BCUT2D eigenvalue weighted by atomic mass is 10.1. The van der Waals surface area contributed by atoms with Crippen molar-refractivity contribution in [1.82, 2.24) is 0 Å². The molecule has 7 nitrogen and oxygen atoms in total. The van der Waals surface area contributed by atoms with Crippen molar-refractivity contribution in [3.05, 3.63) is 123 Å². The number of hydrogen-bond donors (Lipinski definition) is 0. The predicted octanol–water partition coefficient (Wildman–Crippen LogP) is 6.41. The number of nitrogens with zero attached hydrogens (tertiary/aromatic N) is 1.